The van der Waals surface area contributed by atoms with Crippen molar-refractivity contribution in [1.82, 2.24) is 0 Å². The number of benzene rings is 2. The number of nitrogens with one attached hydrogen (secondary N) is 1. The van der Waals surface area contributed by atoms with Crippen LogP contribution >= 0.6 is 0 Å². The van der Waals surface area contributed by atoms with Crippen molar-refractivity contribution >= 4 is 5.69 Å². The van der Waals surface area contributed by atoms with Gasteiger partial charge in [-0.2, -0.15) is 0 Å². The number of halogens is 1. The summed E-state index contributed by atoms with van der Waals surface area (Å²) in [6, 6.07) is 10.2. The molecule has 3 heteroatoms. The fourth-order valence-corrected chi connectivity index (χ4v) is 2.07. The van der Waals surface area contributed by atoms with Gasteiger partial charge >= 0.3 is 0 Å². The lowest BCUT2D eigenvalue weighted by Crippen LogP contribution is -2.09. The highest BCUT2D eigenvalue weighted by Gasteiger charge is 2.12. The molecule has 2 nitrogen and oxygen atoms in total. The molecule has 0 radical (unpaired) electrons. The zero-order valence-corrected chi connectivity index (χ0v) is 11.4. The average molecular weight is 259 g/mol. The van der Waals surface area contributed by atoms with Crippen LogP contribution < -0.4 is 5.32 Å². The van der Waals surface area contributed by atoms with Gasteiger partial charge < -0.3 is 10.4 Å². The van der Waals surface area contributed by atoms with Crippen LogP contribution in [0.5, 0.6) is 5.75 Å². The van der Waals surface area contributed by atoms with Gasteiger partial charge in [-0.1, -0.05) is 18.2 Å². The van der Waals surface area contributed by atoms with Gasteiger partial charge in [0.15, 0.2) is 0 Å². The van der Waals surface area contributed by atoms with Crippen molar-refractivity contribution in [3.8, 4) is 5.75 Å². The SMILES string of the molecule is Cc1ccc(C)c(NC(C)c2ccc(O)cc2F)c1. The molecule has 1 unspecified atom stereocenters. The van der Waals surface area contributed by atoms with E-state index in [1.807, 2.05) is 39.0 Å². The molecule has 100 valence electrons. The molecule has 2 N–H and O–H groups in total. The van der Waals surface area contributed by atoms with E-state index in [-0.39, 0.29) is 11.8 Å². The van der Waals surface area contributed by atoms with E-state index in [0.29, 0.717) is 5.56 Å². The van der Waals surface area contributed by atoms with Crippen LogP contribution in [0.15, 0.2) is 36.4 Å². The van der Waals surface area contributed by atoms with Crippen molar-refractivity contribution < 1.29 is 9.50 Å². The lowest BCUT2D eigenvalue weighted by molar-refractivity contribution is 0.467. The summed E-state index contributed by atoms with van der Waals surface area (Å²) in [6.45, 7) is 5.94. The predicted octanol–water partition coefficient (Wildman–Crippen LogP) is 4.32. The Morgan fingerprint density at radius 2 is 1.84 bits per heavy atom. The number of aromatic hydroxyl groups is 1. The van der Waals surface area contributed by atoms with E-state index in [1.54, 1.807) is 6.07 Å². The first-order chi connectivity index (χ1) is 8.97. The number of hydrogen-bond donors (Lipinski definition) is 2. The summed E-state index contributed by atoms with van der Waals surface area (Å²) in [6.07, 6.45) is 0. The maximum Gasteiger partial charge on any atom is 0.132 e. The van der Waals surface area contributed by atoms with E-state index in [9.17, 15) is 9.50 Å². The monoisotopic (exact) mass is 259 g/mol. The van der Waals surface area contributed by atoms with E-state index in [2.05, 4.69) is 5.32 Å². The van der Waals surface area contributed by atoms with Gasteiger partial charge in [-0.05, 0) is 44.0 Å². The highest BCUT2D eigenvalue weighted by Crippen LogP contribution is 2.26. The van der Waals surface area contributed by atoms with Crippen molar-refractivity contribution in [1.29, 1.82) is 0 Å². The summed E-state index contributed by atoms with van der Waals surface area (Å²) in [5.74, 6) is -0.453. The normalized spacial score (nSPS) is 12.2. The second-order valence-electron chi connectivity index (χ2n) is 4.89. The fraction of sp³-hybridized carbons (Fsp3) is 0.250. The molecule has 0 aliphatic heterocycles. The minimum absolute atomic E-state index is 0.0554. The van der Waals surface area contributed by atoms with Crippen molar-refractivity contribution in [2.45, 2.75) is 26.8 Å². The van der Waals surface area contributed by atoms with Crippen LogP contribution in [0.1, 0.15) is 29.7 Å². The molecular formula is C16H18FNO. The second-order valence-corrected chi connectivity index (χ2v) is 4.89. The fourth-order valence-electron chi connectivity index (χ4n) is 2.07. The molecule has 0 aliphatic carbocycles. The molecule has 2 aromatic rings. The quantitative estimate of drug-likeness (QED) is 0.860. The third-order valence-corrected chi connectivity index (χ3v) is 3.22. The Morgan fingerprint density at radius 1 is 1.11 bits per heavy atom. The van der Waals surface area contributed by atoms with Crippen LogP contribution in [-0.4, -0.2) is 5.11 Å². The van der Waals surface area contributed by atoms with Crippen molar-refractivity contribution in [2.24, 2.45) is 0 Å². The Kier molecular flexibility index (Phi) is 3.74. The first-order valence-corrected chi connectivity index (χ1v) is 6.29. The van der Waals surface area contributed by atoms with Gasteiger partial charge in [0, 0.05) is 17.3 Å². The van der Waals surface area contributed by atoms with E-state index in [1.165, 1.54) is 6.07 Å². The van der Waals surface area contributed by atoms with Gasteiger partial charge in [0.05, 0.1) is 6.04 Å². The first-order valence-electron chi connectivity index (χ1n) is 6.29. The Hall–Kier alpha value is -2.03. The van der Waals surface area contributed by atoms with Crippen LogP contribution in [-0.2, 0) is 0 Å². The molecule has 0 amide bonds. The van der Waals surface area contributed by atoms with E-state index < -0.39 is 5.82 Å². The molecule has 0 saturated heterocycles. The molecule has 2 aromatic carbocycles. The number of phenolic OH excluding ortho intramolecular Hbond substituents is 1. The molecule has 19 heavy (non-hydrogen) atoms. The van der Waals surface area contributed by atoms with E-state index in [0.717, 1.165) is 22.9 Å². The van der Waals surface area contributed by atoms with Gasteiger partial charge in [0.25, 0.3) is 0 Å². The molecular weight excluding hydrogens is 241 g/mol. The molecule has 0 spiro atoms. The minimum Gasteiger partial charge on any atom is -0.508 e. The first kappa shape index (κ1) is 13.4. The minimum atomic E-state index is -0.398. The Balaban J connectivity index is 2.25. The van der Waals surface area contributed by atoms with E-state index >= 15 is 0 Å². The molecule has 2 rings (SSSR count). The van der Waals surface area contributed by atoms with Crippen LogP contribution in [0.3, 0.4) is 0 Å². The number of phenols is 1. The van der Waals surface area contributed by atoms with Gasteiger partial charge in [-0.3, -0.25) is 0 Å². The Labute approximate surface area is 112 Å². The molecule has 0 bridgehead atoms. The van der Waals surface area contributed by atoms with Gasteiger partial charge in [0.1, 0.15) is 11.6 Å². The van der Waals surface area contributed by atoms with Crippen molar-refractivity contribution in [3.05, 3.63) is 58.9 Å². The van der Waals surface area contributed by atoms with Crippen LogP contribution in [0.25, 0.3) is 0 Å². The number of hydrogen-bond acceptors (Lipinski definition) is 2. The molecule has 0 aliphatic rings. The topological polar surface area (TPSA) is 32.3 Å². The smallest absolute Gasteiger partial charge is 0.132 e. The summed E-state index contributed by atoms with van der Waals surface area (Å²) in [7, 11) is 0. The molecule has 0 aromatic heterocycles. The maximum atomic E-state index is 13.8. The Morgan fingerprint density at radius 3 is 2.53 bits per heavy atom. The van der Waals surface area contributed by atoms with Crippen LogP contribution in [0.2, 0.25) is 0 Å². The lowest BCUT2D eigenvalue weighted by atomic mass is 10.1. The maximum absolute atomic E-state index is 13.8. The highest BCUT2D eigenvalue weighted by molar-refractivity contribution is 5.54. The number of anilines is 1. The lowest BCUT2D eigenvalue weighted by Gasteiger charge is -2.18. The molecule has 1 atom stereocenters. The van der Waals surface area contributed by atoms with E-state index in [4.69, 9.17) is 0 Å². The Bertz CT molecular complexity index is 595. The summed E-state index contributed by atoms with van der Waals surface area (Å²) in [5.41, 5.74) is 3.82. The highest BCUT2D eigenvalue weighted by atomic mass is 19.1. The molecule has 0 fully saturated rings. The third-order valence-electron chi connectivity index (χ3n) is 3.22. The second kappa shape index (κ2) is 5.31. The van der Waals surface area contributed by atoms with Crippen molar-refractivity contribution in [3.63, 3.8) is 0 Å². The zero-order chi connectivity index (χ0) is 14.0. The largest absolute Gasteiger partial charge is 0.508 e. The van der Waals surface area contributed by atoms with Gasteiger partial charge in [-0.15, -0.1) is 0 Å². The number of aryl methyl sites for hydroxylation is 2. The summed E-state index contributed by atoms with van der Waals surface area (Å²) >= 11 is 0. The van der Waals surface area contributed by atoms with Crippen LogP contribution in [0.4, 0.5) is 10.1 Å². The summed E-state index contributed by atoms with van der Waals surface area (Å²) in [4.78, 5) is 0. The number of rotatable bonds is 3. The third kappa shape index (κ3) is 3.05. The molecule has 0 heterocycles. The summed E-state index contributed by atoms with van der Waals surface area (Å²) < 4.78 is 13.8. The van der Waals surface area contributed by atoms with Gasteiger partial charge in [0.2, 0.25) is 0 Å². The van der Waals surface area contributed by atoms with Crippen LogP contribution in [0, 0.1) is 19.7 Å². The van der Waals surface area contributed by atoms with Crippen molar-refractivity contribution in [2.75, 3.05) is 5.32 Å². The predicted molar refractivity (Wildman–Crippen MR) is 76.0 cm³/mol. The zero-order valence-electron chi connectivity index (χ0n) is 11.4. The average Bonchev–Trinajstić information content (AvgIpc) is 2.33. The summed E-state index contributed by atoms with van der Waals surface area (Å²) in [5, 5.41) is 12.5. The molecule has 0 saturated carbocycles. The standard InChI is InChI=1S/C16H18FNO/c1-10-4-5-11(2)16(8-10)18-12(3)14-7-6-13(19)9-15(14)17/h4-9,12,18-19H,1-3H3. The van der Waals surface area contributed by atoms with Gasteiger partial charge in [-0.25, -0.2) is 4.39 Å².